The number of carboxylic acids is 1. The summed E-state index contributed by atoms with van der Waals surface area (Å²) in [5, 5.41) is 11.2. The Morgan fingerprint density at radius 1 is 1.37 bits per heavy atom. The van der Waals surface area contributed by atoms with E-state index in [0.717, 1.165) is 15.6 Å². The van der Waals surface area contributed by atoms with Crippen LogP contribution in [-0.4, -0.2) is 23.5 Å². The standard InChI is InChI=1S/C14H18BrNO3/c1-9-4-5-10(15)6-11(9)14(2,3)8-16-12(17)7-13(18)19/h4-6H,7-8H2,1-3H3,(H,16,17)(H,18,19). The van der Waals surface area contributed by atoms with Crippen LogP contribution in [0, 0.1) is 6.92 Å². The van der Waals surface area contributed by atoms with Gasteiger partial charge in [0, 0.05) is 16.4 Å². The lowest BCUT2D eigenvalue weighted by Gasteiger charge is -2.27. The van der Waals surface area contributed by atoms with E-state index in [2.05, 4.69) is 21.2 Å². The van der Waals surface area contributed by atoms with Crippen molar-refractivity contribution in [2.45, 2.75) is 32.6 Å². The van der Waals surface area contributed by atoms with Crippen molar-refractivity contribution >= 4 is 27.8 Å². The van der Waals surface area contributed by atoms with E-state index in [1.807, 2.05) is 39.0 Å². The van der Waals surface area contributed by atoms with Gasteiger partial charge in [-0.3, -0.25) is 9.59 Å². The van der Waals surface area contributed by atoms with E-state index in [1.165, 1.54) is 0 Å². The van der Waals surface area contributed by atoms with E-state index in [4.69, 9.17) is 5.11 Å². The highest BCUT2D eigenvalue weighted by Gasteiger charge is 2.23. The number of halogens is 1. The van der Waals surface area contributed by atoms with Gasteiger partial charge in [-0.05, 0) is 30.2 Å². The molecule has 0 aromatic heterocycles. The number of benzene rings is 1. The Labute approximate surface area is 121 Å². The summed E-state index contributed by atoms with van der Waals surface area (Å²) in [4.78, 5) is 21.8. The van der Waals surface area contributed by atoms with Crippen LogP contribution in [-0.2, 0) is 15.0 Å². The van der Waals surface area contributed by atoms with Crippen molar-refractivity contribution in [1.82, 2.24) is 5.32 Å². The molecule has 1 rings (SSSR count). The van der Waals surface area contributed by atoms with Crippen LogP contribution in [0.5, 0.6) is 0 Å². The highest BCUT2D eigenvalue weighted by molar-refractivity contribution is 9.10. The van der Waals surface area contributed by atoms with E-state index in [1.54, 1.807) is 0 Å². The molecule has 1 amide bonds. The lowest BCUT2D eigenvalue weighted by Crippen LogP contribution is -2.37. The van der Waals surface area contributed by atoms with Crippen LogP contribution in [0.25, 0.3) is 0 Å². The molecule has 0 aliphatic rings. The molecule has 0 bridgehead atoms. The number of amides is 1. The molecule has 4 nitrogen and oxygen atoms in total. The molecule has 0 fully saturated rings. The Morgan fingerprint density at radius 2 is 2.00 bits per heavy atom. The Morgan fingerprint density at radius 3 is 2.58 bits per heavy atom. The molecule has 0 radical (unpaired) electrons. The lowest BCUT2D eigenvalue weighted by molar-refractivity contribution is -0.140. The fourth-order valence-electron chi connectivity index (χ4n) is 1.94. The first-order valence-corrected chi connectivity index (χ1v) is 6.77. The molecular formula is C14H18BrNO3. The molecule has 0 heterocycles. The number of hydrogen-bond acceptors (Lipinski definition) is 2. The summed E-state index contributed by atoms with van der Waals surface area (Å²) in [5.74, 6) is -1.58. The van der Waals surface area contributed by atoms with E-state index in [0.29, 0.717) is 6.54 Å². The van der Waals surface area contributed by atoms with Crippen LogP contribution in [0.3, 0.4) is 0 Å². The molecule has 0 aliphatic carbocycles. The van der Waals surface area contributed by atoms with Gasteiger partial charge in [0.05, 0.1) is 0 Å². The van der Waals surface area contributed by atoms with Crippen LogP contribution < -0.4 is 5.32 Å². The quantitative estimate of drug-likeness (QED) is 0.817. The minimum absolute atomic E-state index is 0.262. The van der Waals surface area contributed by atoms with E-state index < -0.39 is 18.3 Å². The zero-order valence-electron chi connectivity index (χ0n) is 11.3. The van der Waals surface area contributed by atoms with Gasteiger partial charge in [0.2, 0.25) is 5.91 Å². The summed E-state index contributed by atoms with van der Waals surface area (Å²) in [5.41, 5.74) is 2.00. The monoisotopic (exact) mass is 327 g/mol. The molecule has 0 saturated carbocycles. The number of hydrogen-bond donors (Lipinski definition) is 2. The minimum atomic E-state index is -1.12. The van der Waals surface area contributed by atoms with Crippen molar-refractivity contribution in [3.63, 3.8) is 0 Å². The van der Waals surface area contributed by atoms with Crippen LogP contribution in [0.1, 0.15) is 31.4 Å². The normalized spacial score (nSPS) is 11.2. The zero-order chi connectivity index (χ0) is 14.6. The Kier molecular flexibility index (Phi) is 5.11. The molecule has 5 heteroatoms. The number of carboxylic acid groups (broad SMARTS) is 1. The molecule has 19 heavy (non-hydrogen) atoms. The van der Waals surface area contributed by atoms with Crippen LogP contribution in [0.4, 0.5) is 0 Å². The number of aryl methyl sites for hydroxylation is 1. The second-order valence-electron chi connectivity index (χ2n) is 5.19. The topological polar surface area (TPSA) is 66.4 Å². The highest BCUT2D eigenvalue weighted by Crippen LogP contribution is 2.28. The molecule has 2 N–H and O–H groups in total. The maximum Gasteiger partial charge on any atom is 0.312 e. The van der Waals surface area contributed by atoms with Crippen molar-refractivity contribution < 1.29 is 14.7 Å². The fourth-order valence-corrected chi connectivity index (χ4v) is 2.30. The first-order chi connectivity index (χ1) is 8.72. The van der Waals surface area contributed by atoms with E-state index in [9.17, 15) is 9.59 Å². The smallest absolute Gasteiger partial charge is 0.312 e. The number of carbonyl (C=O) groups is 2. The molecule has 0 atom stereocenters. The van der Waals surface area contributed by atoms with E-state index >= 15 is 0 Å². The average molecular weight is 328 g/mol. The average Bonchev–Trinajstić information content (AvgIpc) is 2.29. The summed E-state index contributed by atoms with van der Waals surface area (Å²) in [7, 11) is 0. The zero-order valence-corrected chi connectivity index (χ0v) is 12.9. The molecule has 0 unspecified atom stereocenters. The molecular weight excluding hydrogens is 310 g/mol. The van der Waals surface area contributed by atoms with Gasteiger partial charge in [0.25, 0.3) is 0 Å². The number of aliphatic carboxylic acids is 1. The van der Waals surface area contributed by atoms with Crippen molar-refractivity contribution in [3.05, 3.63) is 33.8 Å². The largest absolute Gasteiger partial charge is 0.481 e. The van der Waals surface area contributed by atoms with E-state index in [-0.39, 0.29) is 5.41 Å². The van der Waals surface area contributed by atoms with Gasteiger partial charge in [-0.1, -0.05) is 35.8 Å². The van der Waals surface area contributed by atoms with Gasteiger partial charge >= 0.3 is 5.97 Å². The van der Waals surface area contributed by atoms with Crippen LogP contribution in [0.2, 0.25) is 0 Å². The first-order valence-electron chi connectivity index (χ1n) is 5.97. The summed E-state index contributed by atoms with van der Waals surface area (Å²) < 4.78 is 0.984. The van der Waals surface area contributed by atoms with Crippen molar-refractivity contribution in [2.24, 2.45) is 0 Å². The maximum absolute atomic E-state index is 11.4. The van der Waals surface area contributed by atoms with Crippen LogP contribution in [0.15, 0.2) is 22.7 Å². The fraction of sp³-hybridized carbons (Fsp3) is 0.429. The van der Waals surface area contributed by atoms with Gasteiger partial charge in [-0.2, -0.15) is 0 Å². The molecule has 0 spiro atoms. The Hall–Kier alpha value is -1.36. The number of nitrogens with one attached hydrogen (secondary N) is 1. The number of carbonyl (C=O) groups excluding carboxylic acids is 1. The van der Waals surface area contributed by atoms with Crippen molar-refractivity contribution in [3.8, 4) is 0 Å². The minimum Gasteiger partial charge on any atom is -0.481 e. The number of rotatable bonds is 5. The van der Waals surface area contributed by atoms with Gasteiger partial charge in [0.1, 0.15) is 6.42 Å². The SMILES string of the molecule is Cc1ccc(Br)cc1C(C)(C)CNC(=O)CC(=O)O. The predicted octanol–water partition coefficient (Wildman–Crippen LogP) is 2.63. The van der Waals surface area contributed by atoms with Crippen molar-refractivity contribution in [1.29, 1.82) is 0 Å². The third kappa shape index (κ3) is 4.67. The summed E-state index contributed by atoms with van der Waals surface area (Å²) in [6, 6.07) is 6.01. The Balaban J connectivity index is 2.78. The molecule has 1 aromatic carbocycles. The summed E-state index contributed by atoms with van der Waals surface area (Å²) >= 11 is 3.44. The van der Waals surface area contributed by atoms with Crippen LogP contribution >= 0.6 is 15.9 Å². The van der Waals surface area contributed by atoms with Gasteiger partial charge in [-0.25, -0.2) is 0 Å². The summed E-state index contributed by atoms with van der Waals surface area (Å²) in [6.07, 6.45) is -0.493. The molecule has 0 aliphatic heterocycles. The third-order valence-electron chi connectivity index (χ3n) is 2.97. The van der Waals surface area contributed by atoms with Gasteiger partial charge in [-0.15, -0.1) is 0 Å². The Bertz CT molecular complexity index is 497. The maximum atomic E-state index is 11.4. The summed E-state index contributed by atoms with van der Waals surface area (Å²) in [6.45, 7) is 6.45. The van der Waals surface area contributed by atoms with Gasteiger partial charge < -0.3 is 10.4 Å². The second-order valence-corrected chi connectivity index (χ2v) is 6.11. The highest BCUT2D eigenvalue weighted by atomic mass is 79.9. The third-order valence-corrected chi connectivity index (χ3v) is 3.46. The molecule has 104 valence electrons. The first kappa shape index (κ1) is 15.7. The van der Waals surface area contributed by atoms with Gasteiger partial charge in [0.15, 0.2) is 0 Å². The molecule has 1 aromatic rings. The lowest BCUT2D eigenvalue weighted by atomic mass is 9.82. The van der Waals surface area contributed by atoms with Crippen molar-refractivity contribution in [2.75, 3.05) is 6.54 Å². The predicted molar refractivity (Wildman–Crippen MR) is 77.2 cm³/mol. The second kappa shape index (κ2) is 6.19. The molecule has 0 saturated heterocycles.